The van der Waals surface area contributed by atoms with Gasteiger partial charge in [-0.15, -0.1) is 0 Å². The number of aromatic nitrogens is 2. The molecular weight excluding hydrogens is 276 g/mol. The van der Waals surface area contributed by atoms with Crippen molar-refractivity contribution in [1.29, 1.82) is 0 Å². The molecule has 20 heavy (non-hydrogen) atoms. The third-order valence-corrected chi connectivity index (χ3v) is 6.61. The topological polar surface area (TPSA) is 66.4 Å². The number of piperidine rings is 1. The van der Waals surface area contributed by atoms with E-state index in [0.29, 0.717) is 0 Å². The van der Waals surface area contributed by atoms with Crippen molar-refractivity contribution in [1.82, 2.24) is 14.3 Å². The van der Waals surface area contributed by atoms with Gasteiger partial charge in [0.25, 0.3) is 0 Å². The van der Waals surface area contributed by atoms with E-state index in [1.54, 1.807) is 29.9 Å². The van der Waals surface area contributed by atoms with E-state index in [4.69, 9.17) is 0 Å². The van der Waals surface area contributed by atoms with Gasteiger partial charge in [-0.05, 0) is 25.7 Å². The van der Waals surface area contributed by atoms with Crippen molar-refractivity contribution in [3.8, 4) is 0 Å². The molecule has 0 unspecified atom stereocenters. The molecule has 0 radical (unpaired) electrons. The first-order chi connectivity index (χ1) is 9.59. The fraction of sp³-hybridized carbons (Fsp3) is 0.692. The van der Waals surface area contributed by atoms with Gasteiger partial charge < -0.3 is 4.90 Å². The maximum atomic E-state index is 12.2. The molecular formula is C13H20N4O2S. The number of nitrogens with zero attached hydrogens (tertiary/aromatic N) is 4. The summed E-state index contributed by atoms with van der Waals surface area (Å²) in [5.41, 5.74) is 0. The molecule has 1 saturated heterocycles. The molecule has 0 spiro atoms. The molecule has 0 atom stereocenters. The molecule has 6 nitrogen and oxygen atoms in total. The summed E-state index contributed by atoms with van der Waals surface area (Å²) in [4.78, 5) is 10.5. The van der Waals surface area contributed by atoms with Crippen LogP contribution in [0, 0.1) is 0 Å². The highest BCUT2D eigenvalue weighted by molar-refractivity contribution is 7.90. The number of hydrogen-bond donors (Lipinski definition) is 0. The van der Waals surface area contributed by atoms with Crippen LogP contribution in [0.15, 0.2) is 18.6 Å². The number of sulfonamides is 1. The third-order valence-electron chi connectivity index (χ3n) is 4.20. The van der Waals surface area contributed by atoms with E-state index < -0.39 is 10.0 Å². The van der Waals surface area contributed by atoms with Gasteiger partial charge in [-0.25, -0.2) is 17.7 Å². The molecule has 7 heteroatoms. The number of hydrogen-bond acceptors (Lipinski definition) is 5. The average Bonchev–Trinajstić information content (AvgIpc) is 3.33. The maximum Gasteiger partial charge on any atom is 0.216 e. The SMILES string of the molecule is CN(C1CCN(c2cnccn2)CC1)S(=O)(=O)C1CC1. The lowest BCUT2D eigenvalue weighted by atomic mass is 10.1. The Morgan fingerprint density at radius 3 is 2.45 bits per heavy atom. The Morgan fingerprint density at radius 2 is 1.90 bits per heavy atom. The average molecular weight is 296 g/mol. The second-order valence-electron chi connectivity index (χ2n) is 5.54. The predicted molar refractivity (Wildman–Crippen MR) is 77.0 cm³/mol. The summed E-state index contributed by atoms with van der Waals surface area (Å²) in [6, 6.07) is 0.119. The van der Waals surface area contributed by atoms with Gasteiger partial charge in [0.1, 0.15) is 5.82 Å². The van der Waals surface area contributed by atoms with Crippen LogP contribution in [-0.2, 0) is 10.0 Å². The molecule has 3 rings (SSSR count). The zero-order chi connectivity index (χ0) is 14.2. The summed E-state index contributed by atoms with van der Waals surface area (Å²) in [6.07, 6.45) is 8.44. The highest BCUT2D eigenvalue weighted by Crippen LogP contribution is 2.33. The van der Waals surface area contributed by atoms with Crippen LogP contribution in [0.2, 0.25) is 0 Å². The van der Waals surface area contributed by atoms with E-state index in [1.807, 2.05) is 0 Å². The number of anilines is 1. The molecule has 1 aromatic heterocycles. The van der Waals surface area contributed by atoms with Crippen LogP contribution in [-0.4, -0.2) is 54.1 Å². The first-order valence-corrected chi connectivity index (χ1v) is 8.57. The van der Waals surface area contributed by atoms with Crippen molar-refractivity contribution in [3.05, 3.63) is 18.6 Å². The Morgan fingerprint density at radius 1 is 1.20 bits per heavy atom. The summed E-state index contributed by atoms with van der Waals surface area (Å²) in [5, 5.41) is -0.120. The quantitative estimate of drug-likeness (QED) is 0.825. The van der Waals surface area contributed by atoms with Gasteiger partial charge in [0.15, 0.2) is 0 Å². The van der Waals surface area contributed by atoms with E-state index in [0.717, 1.165) is 44.6 Å². The maximum absolute atomic E-state index is 12.2. The fourth-order valence-electron chi connectivity index (χ4n) is 2.72. The first-order valence-electron chi connectivity index (χ1n) is 7.07. The minimum absolute atomic E-state index is 0.119. The van der Waals surface area contributed by atoms with Crippen LogP contribution in [0.5, 0.6) is 0 Å². The molecule has 110 valence electrons. The highest BCUT2D eigenvalue weighted by Gasteiger charge is 2.41. The van der Waals surface area contributed by atoms with Crippen LogP contribution in [0.4, 0.5) is 5.82 Å². The van der Waals surface area contributed by atoms with E-state index in [2.05, 4.69) is 14.9 Å². The van der Waals surface area contributed by atoms with Gasteiger partial charge in [-0.1, -0.05) is 0 Å². The minimum atomic E-state index is -3.06. The van der Waals surface area contributed by atoms with E-state index in [9.17, 15) is 8.42 Å². The second kappa shape index (κ2) is 5.29. The van der Waals surface area contributed by atoms with E-state index >= 15 is 0 Å². The lowest BCUT2D eigenvalue weighted by molar-refractivity contribution is 0.311. The van der Waals surface area contributed by atoms with E-state index in [-0.39, 0.29) is 11.3 Å². The van der Waals surface area contributed by atoms with Crippen molar-refractivity contribution < 1.29 is 8.42 Å². The summed E-state index contributed by atoms with van der Waals surface area (Å²) in [7, 11) is -1.33. The Kier molecular flexibility index (Phi) is 3.64. The third kappa shape index (κ3) is 2.64. The van der Waals surface area contributed by atoms with Crippen LogP contribution in [0.25, 0.3) is 0 Å². The van der Waals surface area contributed by atoms with Gasteiger partial charge in [-0.2, -0.15) is 0 Å². The molecule has 2 fully saturated rings. The smallest absolute Gasteiger partial charge is 0.216 e. The van der Waals surface area contributed by atoms with Crippen LogP contribution >= 0.6 is 0 Å². The lowest BCUT2D eigenvalue weighted by Gasteiger charge is -2.36. The largest absolute Gasteiger partial charge is 0.355 e. The molecule has 2 heterocycles. The highest BCUT2D eigenvalue weighted by atomic mass is 32.2. The van der Waals surface area contributed by atoms with Crippen molar-refractivity contribution >= 4 is 15.8 Å². The zero-order valence-corrected chi connectivity index (χ0v) is 12.5. The van der Waals surface area contributed by atoms with E-state index in [1.165, 1.54) is 0 Å². The molecule has 1 aromatic rings. The molecule has 1 saturated carbocycles. The van der Waals surface area contributed by atoms with Crippen molar-refractivity contribution in [2.75, 3.05) is 25.0 Å². The standard InChI is InChI=1S/C13H20N4O2S/c1-16(20(18,19)12-2-3-12)11-4-8-17(9-5-11)13-10-14-6-7-15-13/h6-7,10-12H,2-5,8-9H2,1H3. The lowest BCUT2D eigenvalue weighted by Crippen LogP contribution is -2.46. The van der Waals surface area contributed by atoms with Crippen LogP contribution < -0.4 is 4.90 Å². The van der Waals surface area contributed by atoms with Crippen molar-refractivity contribution in [2.24, 2.45) is 0 Å². The molecule has 0 N–H and O–H groups in total. The first kappa shape index (κ1) is 13.8. The normalized spacial score (nSPS) is 21.4. The van der Waals surface area contributed by atoms with Crippen molar-refractivity contribution in [3.63, 3.8) is 0 Å². The van der Waals surface area contributed by atoms with Gasteiger partial charge in [-0.3, -0.25) is 4.98 Å². The van der Waals surface area contributed by atoms with Crippen LogP contribution in [0.3, 0.4) is 0 Å². The summed E-state index contributed by atoms with van der Waals surface area (Å²) < 4.78 is 26.1. The summed E-state index contributed by atoms with van der Waals surface area (Å²) >= 11 is 0. The molecule has 1 aliphatic heterocycles. The Hall–Kier alpha value is -1.21. The number of rotatable bonds is 4. The fourth-order valence-corrected chi connectivity index (χ4v) is 4.55. The molecule has 2 aliphatic rings. The predicted octanol–water partition coefficient (Wildman–Crippen LogP) is 0.869. The summed E-state index contributed by atoms with van der Waals surface area (Å²) in [6.45, 7) is 1.65. The molecule has 0 aromatic carbocycles. The van der Waals surface area contributed by atoms with Gasteiger partial charge in [0, 0.05) is 38.6 Å². The Labute approximate surface area is 119 Å². The molecule has 1 aliphatic carbocycles. The van der Waals surface area contributed by atoms with Gasteiger partial charge in [0.2, 0.25) is 10.0 Å². The summed E-state index contributed by atoms with van der Waals surface area (Å²) in [5.74, 6) is 0.874. The Balaban J connectivity index is 1.61. The van der Waals surface area contributed by atoms with Crippen molar-refractivity contribution in [2.45, 2.75) is 37.0 Å². The molecule has 0 bridgehead atoms. The van der Waals surface area contributed by atoms with Gasteiger partial charge in [0.05, 0.1) is 11.4 Å². The van der Waals surface area contributed by atoms with Crippen LogP contribution in [0.1, 0.15) is 25.7 Å². The monoisotopic (exact) mass is 296 g/mol. The zero-order valence-electron chi connectivity index (χ0n) is 11.6. The Bertz CT molecular complexity index is 551. The molecule has 0 amide bonds. The minimum Gasteiger partial charge on any atom is -0.355 e. The second-order valence-corrected chi connectivity index (χ2v) is 7.81. The van der Waals surface area contributed by atoms with Gasteiger partial charge >= 0.3 is 0 Å².